The number of amides is 1. The molecule has 0 radical (unpaired) electrons. The van der Waals surface area contributed by atoms with E-state index in [1.165, 1.54) is 11.8 Å². The first-order valence-corrected chi connectivity index (χ1v) is 8.45. The topological polar surface area (TPSA) is 95.1 Å². The molecule has 0 fully saturated rings. The molecule has 3 N–H and O–H groups in total. The van der Waals surface area contributed by atoms with Crippen molar-refractivity contribution >= 4 is 23.6 Å². The largest absolute Gasteiger partial charge is 0.496 e. The number of nitrogens with two attached hydrogens (primary N) is 1. The van der Waals surface area contributed by atoms with Gasteiger partial charge in [0.15, 0.2) is 5.16 Å². The summed E-state index contributed by atoms with van der Waals surface area (Å²) in [6, 6.07) is 7.76. The number of thioether (sulfide) groups is 1. The number of anilines is 1. The Balaban J connectivity index is 1.79. The number of ether oxygens (including phenoxy) is 1. The molecule has 1 aromatic heterocycles. The lowest BCUT2D eigenvalue weighted by molar-refractivity contribution is -0.118. The van der Waals surface area contributed by atoms with Gasteiger partial charge in [0.25, 0.3) is 0 Å². The van der Waals surface area contributed by atoms with Gasteiger partial charge in [-0.2, -0.15) is 0 Å². The lowest BCUT2D eigenvalue weighted by Gasteiger charge is -2.09. The van der Waals surface area contributed by atoms with Crippen LogP contribution in [-0.2, 0) is 17.8 Å². The summed E-state index contributed by atoms with van der Waals surface area (Å²) in [5.41, 5.74) is 6.78. The first kappa shape index (κ1) is 17.9. The molecule has 0 aliphatic rings. The predicted octanol–water partition coefficient (Wildman–Crippen LogP) is 1.51. The molecule has 2 aromatic rings. The summed E-state index contributed by atoms with van der Waals surface area (Å²) in [4.78, 5) is 12.0. The Hall–Kier alpha value is -2.48. The molecule has 0 bridgehead atoms. The molecule has 2 rings (SSSR count). The number of methoxy groups -OCH3 is 1. The SMILES string of the molecule is C=CCn1c(N)nnc1SCC(=O)NCCc1ccccc1OC. The van der Waals surface area contributed by atoms with Gasteiger partial charge in [0.1, 0.15) is 5.75 Å². The van der Waals surface area contributed by atoms with Crippen molar-refractivity contribution in [2.45, 2.75) is 18.1 Å². The van der Waals surface area contributed by atoms with Gasteiger partial charge in [-0.3, -0.25) is 9.36 Å². The van der Waals surface area contributed by atoms with E-state index in [1.54, 1.807) is 17.8 Å². The van der Waals surface area contributed by atoms with Crippen LogP contribution in [0.1, 0.15) is 5.56 Å². The van der Waals surface area contributed by atoms with Crippen molar-refractivity contribution in [1.82, 2.24) is 20.1 Å². The molecule has 0 unspecified atom stereocenters. The van der Waals surface area contributed by atoms with Crippen LogP contribution in [0.15, 0.2) is 42.1 Å². The molecular formula is C16H21N5O2S. The van der Waals surface area contributed by atoms with Crippen LogP contribution in [0, 0.1) is 0 Å². The summed E-state index contributed by atoms with van der Waals surface area (Å²) in [6.45, 7) is 4.72. The van der Waals surface area contributed by atoms with Gasteiger partial charge < -0.3 is 15.8 Å². The minimum absolute atomic E-state index is 0.0679. The van der Waals surface area contributed by atoms with E-state index in [0.29, 0.717) is 30.6 Å². The number of aromatic nitrogens is 3. The van der Waals surface area contributed by atoms with Gasteiger partial charge in [0.2, 0.25) is 11.9 Å². The lowest BCUT2D eigenvalue weighted by atomic mass is 10.1. The van der Waals surface area contributed by atoms with E-state index in [0.717, 1.165) is 11.3 Å². The molecule has 0 aliphatic carbocycles. The summed E-state index contributed by atoms with van der Waals surface area (Å²) in [5, 5.41) is 11.3. The Bertz CT molecular complexity index is 702. The van der Waals surface area contributed by atoms with Crippen molar-refractivity contribution in [2.75, 3.05) is 25.1 Å². The Labute approximate surface area is 145 Å². The normalized spacial score (nSPS) is 10.4. The number of hydrogen-bond donors (Lipinski definition) is 2. The van der Waals surface area contributed by atoms with Gasteiger partial charge in [0.05, 0.1) is 12.9 Å². The third-order valence-corrected chi connectivity index (χ3v) is 4.27. The maximum Gasteiger partial charge on any atom is 0.230 e. The zero-order valence-electron chi connectivity index (χ0n) is 13.6. The summed E-state index contributed by atoms with van der Waals surface area (Å²) >= 11 is 1.29. The number of nitrogens with zero attached hydrogens (tertiary/aromatic N) is 3. The molecule has 24 heavy (non-hydrogen) atoms. The van der Waals surface area contributed by atoms with Crippen LogP contribution in [-0.4, -0.2) is 40.1 Å². The molecule has 0 atom stereocenters. The third-order valence-electron chi connectivity index (χ3n) is 3.30. The molecule has 128 valence electrons. The Morgan fingerprint density at radius 2 is 2.25 bits per heavy atom. The molecule has 0 saturated heterocycles. The molecule has 1 aromatic carbocycles. The van der Waals surface area contributed by atoms with Crippen LogP contribution < -0.4 is 15.8 Å². The maximum atomic E-state index is 12.0. The quantitative estimate of drug-likeness (QED) is 0.527. The molecular weight excluding hydrogens is 326 g/mol. The summed E-state index contributed by atoms with van der Waals surface area (Å²) < 4.78 is 7.00. The van der Waals surface area contributed by atoms with Crippen LogP contribution in [0.2, 0.25) is 0 Å². The fourth-order valence-corrected chi connectivity index (χ4v) is 2.92. The summed E-state index contributed by atoms with van der Waals surface area (Å²) in [7, 11) is 1.64. The fourth-order valence-electron chi connectivity index (χ4n) is 2.13. The van der Waals surface area contributed by atoms with Crippen molar-refractivity contribution in [1.29, 1.82) is 0 Å². The zero-order valence-corrected chi connectivity index (χ0v) is 14.4. The average Bonchev–Trinajstić information content (AvgIpc) is 2.94. The number of nitrogen functional groups attached to an aromatic ring is 1. The van der Waals surface area contributed by atoms with Crippen LogP contribution in [0.3, 0.4) is 0 Å². The molecule has 0 spiro atoms. The molecule has 1 heterocycles. The number of rotatable bonds is 9. The van der Waals surface area contributed by atoms with Gasteiger partial charge in [-0.05, 0) is 18.1 Å². The highest BCUT2D eigenvalue weighted by Gasteiger charge is 2.11. The van der Waals surface area contributed by atoms with Crippen LogP contribution in [0.25, 0.3) is 0 Å². The predicted molar refractivity (Wildman–Crippen MR) is 95.1 cm³/mol. The fraction of sp³-hybridized carbons (Fsp3) is 0.312. The minimum Gasteiger partial charge on any atom is -0.496 e. The second-order valence-corrected chi connectivity index (χ2v) is 5.88. The Morgan fingerprint density at radius 1 is 1.46 bits per heavy atom. The smallest absolute Gasteiger partial charge is 0.230 e. The number of para-hydroxylation sites is 1. The minimum atomic E-state index is -0.0679. The Morgan fingerprint density at radius 3 is 3.00 bits per heavy atom. The van der Waals surface area contributed by atoms with E-state index >= 15 is 0 Å². The van der Waals surface area contributed by atoms with Crippen LogP contribution >= 0.6 is 11.8 Å². The molecule has 1 amide bonds. The van der Waals surface area contributed by atoms with Crippen molar-refractivity contribution in [3.05, 3.63) is 42.5 Å². The highest BCUT2D eigenvalue weighted by molar-refractivity contribution is 7.99. The van der Waals surface area contributed by atoms with Gasteiger partial charge in [-0.1, -0.05) is 36.0 Å². The van der Waals surface area contributed by atoms with E-state index in [9.17, 15) is 4.79 Å². The van der Waals surface area contributed by atoms with Gasteiger partial charge in [-0.15, -0.1) is 16.8 Å². The highest BCUT2D eigenvalue weighted by Crippen LogP contribution is 2.18. The first-order valence-electron chi connectivity index (χ1n) is 7.46. The van der Waals surface area contributed by atoms with Crippen molar-refractivity contribution < 1.29 is 9.53 Å². The van der Waals surface area contributed by atoms with Crippen LogP contribution in [0.5, 0.6) is 5.75 Å². The number of benzene rings is 1. The van der Waals surface area contributed by atoms with E-state index in [1.807, 2.05) is 24.3 Å². The monoisotopic (exact) mass is 347 g/mol. The second kappa shape index (κ2) is 8.97. The first-order chi connectivity index (χ1) is 11.7. The molecule has 0 saturated carbocycles. The summed E-state index contributed by atoms with van der Waals surface area (Å²) in [5.74, 6) is 1.33. The van der Waals surface area contributed by atoms with Gasteiger partial charge in [0, 0.05) is 13.1 Å². The highest BCUT2D eigenvalue weighted by atomic mass is 32.2. The number of carbonyl (C=O) groups excluding carboxylic acids is 1. The maximum absolute atomic E-state index is 12.0. The number of allylic oxidation sites excluding steroid dienone is 1. The molecule has 0 aliphatic heterocycles. The Kier molecular flexibility index (Phi) is 6.68. The number of carbonyl (C=O) groups is 1. The van der Waals surface area contributed by atoms with E-state index in [2.05, 4.69) is 22.1 Å². The van der Waals surface area contributed by atoms with Crippen molar-refractivity contribution in [2.24, 2.45) is 0 Å². The van der Waals surface area contributed by atoms with Gasteiger partial charge in [-0.25, -0.2) is 0 Å². The molecule has 8 heteroatoms. The molecule has 7 nitrogen and oxygen atoms in total. The van der Waals surface area contributed by atoms with Crippen molar-refractivity contribution in [3.63, 3.8) is 0 Å². The number of hydrogen-bond acceptors (Lipinski definition) is 6. The van der Waals surface area contributed by atoms with Crippen LogP contribution in [0.4, 0.5) is 5.95 Å². The third kappa shape index (κ3) is 4.76. The van der Waals surface area contributed by atoms with E-state index in [-0.39, 0.29) is 11.7 Å². The summed E-state index contributed by atoms with van der Waals surface area (Å²) in [6.07, 6.45) is 2.41. The zero-order chi connectivity index (χ0) is 17.4. The average molecular weight is 347 g/mol. The van der Waals surface area contributed by atoms with E-state index in [4.69, 9.17) is 10.5 Å². The lowest BCUT2D eigenvalue weighted by Crippen LogP contribution is -2.27. The van der Waals surface area contributed by atoms with Gasteiger partial charge >= 0.3 is 0 Å². The second-order valence-electron chi connectivity index (χ2n) is 4.94. The van der Waals surface area contributed by atoms with Crippen molar-refractivity contribution in [3.8, 4) is 5.75 Å². The number of nitrogens with one attached hydrogen (secondary N) is 1. The standard InChI is InChI=1S/C16H21N5O2S/c1-3-10-21-15(17)19-20-16(21)24-11-14(22)18-9-8-12-6-4-5-7-13(12)23-2/h3-7H,1,8-11H2,2H3,(H2,17,19)(H,18,22). The van der Waals surface area contributed by atoms with E-state index < -0.39 is 0 Å².